The van der Waals surface area contributed by atoms with Gasteiger partial charge in [-0.15, -0.1) is 0 Å². The monoisotopic (exact) mass is 342 g/mol. The van der Waals surface area contributed by atoms with Crippen LogP contribution in [0, 0.1) is 11.3 Å². The van der Waals surface area contributed by atoms with Gasteiger partial charge in [0.2, 0.25) is 0 Å². The van der Waals surface area contributed by atoms with Crippen LogP contribution in [0.25, 0.3) is 6.08 Å². The maximum absolute atomic E-state index is 12.1. The lowest BCUT2D eigenvalue weighted by atomic mass is 10.1. The normalized spacial score (nSPS) is 17.1. The smallest absolute Gasteiger partial charge is 0.262 e. The van der Waals surface area contributed by atoms with Crippen molar-refractivity contribution in [3.8, 4) is 11.8 Å². The van der Waals surface area contributed by atoms with Crippen molar-refractivity contribution in [2.24, 2.45) is 0 Å². The standard InChI is InChI=1S/C20H26N2O3/c1-2-3-4-11-24-18-9-7-16(8-10-18)13-17(14-21)20(23)22-15-19-6-5-12-25-19/h7-10,13,19H,2-6,11-12,15H2,1H3,(H,22,23)/b17-13+/t19-/m1/s1. The van der Waals surface area contributed by atoms with Crippen LogP contribution in [0.2, 0.25) is 0 Å². The quantitative estimate of drug-likeness (QED) is 0.424. The van der Waals surface area contributed by atoms with E-state index in [1.807, 2.05) is 30.3 Å². The molecule has 5 nitrogen and oxygen atoms in total. The summed E-state index contributed by atoms with van der Waals surface area (Å²) in [6.45, 7) is 4.06. The summed E-state index contributed by atoms with van der Waals surface area (Å²) < 4.78 is 11.1. The van der Waals surface area contributed by atoms with Crippen LogP contribution in [-0.4, -0.2) is 31.8 Å². The molecule has 0 spiro atoms. The van der Waals surface area contributed by atoms with Gasteiger partial charge in [-0.3, -0.25) is 4.79 Å². The third-order valence-electron chi connectivity index (χ3n) is 4.09. The number of nitriles is 1. The maximum Gasteiger partial charge on any atom is 0.262 e. The van der Waals surface area contributed by atoms with E-state index in [2.05, 4.69) is 12.2 Å². The molecule has 2 rings (SSSR count). The van der Waals surface area contributed by atoms with Gasteiger partial charge in [-0.2, -0.15) is 5.26 Å². The molecule has 1 atom stereocenters. The molecule has 0 unspecified atom stereocenters. The van der Waals surface area contributed by atoms with Gasteiger partial charge in [-0.05, 0) is 43.0 Å². The fourth-order valence-electron chi connectivity index (χ4n) is 2.62. The van der Waals surface area contributed by atoms with E-state index in [9.17, 15) is 10.1 Å². The summed E-state index contributed by atoms with van der Waals surface area (Å²) in [5, 5.41) is 12.0. The van der Waals surface area contributed by atoms with Crippen LogP contribution in [0.15, 0.2) is 29.8 Å². The predicted octanol–water partition coefficient (Wildman–Crippen LogP) is 3.46. The molecule has 0 bridgehead atoms. The summed E-state index contributed by atoms with van der Waals surface area (Å²) >= 11 is 0. The lowest BCUT2D eigenvalue weighted by Crippen LogP contribution is -2.32. The van der Waals surface area contributed by atoms with E-state index in [1.54, 1.807) is 6.08 Å². The molecule has 0 saturated carbocycles. The number of carbonyl (C=O) groups is 1. The van der Waals surface area contributed by atoms with Crippen molar-refractivity contribution in [2.75, 3.05) is 19.8 Å². The number of unbranched alkanes of at least 4 members (excludes halogenated alkanes) is 2. The van der Waals surface area contributed by atoms with Gasteiger partial charge in [0.1, 0.15) is 17.4 Å². The van der Waals surface area contributed by atoms with Crippen LogP contribution in [0.4, 0.5) is 0 Å². The first kappa shape index (κ1) is 19.0. The molecule has 1 heterocycles. The number of ether oxygens (including phenoxy) is 2. The van der Waals surface area contributed by atoms with Crippen LogP contribution in [-0.2, 0) is 9.53 Å². The van der Waals surface area contributed by atoms with E-state index in [0.29, 0.717) is 13.2 Å². The third kappa shape index (κ3) is 6.60. The fraction of sp³-hybridized carbons (Fsp3) is 0.500. The van der Waals surface area contributed by atoms with Crippen molar-refractivity contribution < 1.29 is 14.3 Å². The average molecular weight is 342 g/mol. The highest BCUT2D eigenvalue weighted by molar-refractivity contribution is 6.01. The first-order valence-corrected chi connectivity index (χ1v) is 8.97. The number of hydrogen-bond donors (Lipinski definition) is 1. The molecule has 134 valence electrons. The molecular formula is C20H26N2O3. The number of nitrogens with zero attached hydrogens (tertiary/aromatic N) is 1. The molecule has 1 amide bonds. The van der Waals surface area contributed by atoms with Crippen LogP contribution < -0.4 is 10.1 Å². The molecule has 1 aliphatic heterocycles. The van der Waals surface area contributed by atoms with Gasteiger partial charge < -0.3 is 14.8 Å². The van der Waals surface area contributed by atoms with Crippen molar-refractivity contribution in [1.82, 2.24) is 5.32 Å². The zero-order valence-electron chi connectivity index (χ0n) is 14.8. The highest BCUT2D eigenvalue weighted by atomic mass is 16.5. The lowest BCUT2D eigenvalue weighted by molar-refractivity contribution is -0.117. The largest absolute Gasteiger partial charge is 0.494 e. The molecule has 25 heavy (non-hydrogen) atoms. The molecule has 1 aromatic rings. The summed E-state index contributed by atoms with van der Waals surface area (Å²) in [6.07, 6.45) is 6.99. The van der Waals surface area contributed by atoms with Gasteiger partial charge in [0.15, 0.2) is 0 Å². The number of benzene rings is 1. The fourth-order valence-corrected chi connectivity index (χ4v) is 2.62. The van der Waals surface area contributed by atoms with Crippen molar-refractivity contribution >= 4 is 12.0 Å². The van der Waals surface area contributed by atoms with Gasteiger partial charge >= 0.3 is 0 Å². The molecule has 5 heteroatoms. The molecule has 1 fully saturated rings. The third-order valence-corrected chi connectivity index (χ3v) is 4.09. The first-order valence-electron chi connectivity index (χ1n) is 8.97. The van der Waals surface area contributed by atoms with Crippen LogP contribution in [0.1, 0.15) is 44.6 Å². The molecule has 1 aliphatic rings. The molecule has 0 aromatic heterocycles. The van der Waals surface area contributed by atoms with Crippen molar-refractivity contribution in [3.63, 3.8) is 0 Å². The van der Waals surface area contributed by atoms with Gasteiger partial charge in [0, 0.05) is 13.2 Å². The van der Waals surface area contributed by atoms with Gasteiger partial charge in [-0.25, -0.2) is 0 Å². The highest BCUT2D eigenvalue weighted by Crippen LogP contribution is 2.15. The summed E-state index contributed by atoms with van der Waals surface area (Å²) in [5.41, 5.74) is 0.888. The molecular weight excluding hydrogens is 316 g/mol. The first-order chi connectivity index (χ1) is 12.2. The minimum Gasteiger partial charge on any atom is -0.494 e. The zero-order chi connectivity index (χ0) is 17.9. The SMILES string of the molecule is CCCCCOc1ccc(/C=C(\C#N)C(=O)NC[C@H]2CCCO2)cc1. The summed E-state index contributed by atoms with van der Waals surface area (Å²) in [7, 11) is 0. The number of nitrogens with one attached hydrogen (secondary N) is 1. The van der Waals surface area contributed by atoms with Gasteiger partial charge in [0.05, 0.1) is 12.7 Å². The molecule has 1 N–H and O–H groups in total. The Kier molecular flexibility index (Phi) is 8.00. The van der Waals surface area contributed by atoms with Crippen molar-refractivity contribution in [1.29, 1.82) is 5.26 Å². The Morgan fingerprint density at radius 3 is 2.84 bits per heavy atom. The van der Waals surface area contributed by atoms with Crippen molar-refractivity contribution in [2.45, 2.75) is 45.1 Å². The van der Waals surface area contributed by atoms with E-state index in [-0.39, 0.29) is 17.6 Å². The second kappa shape index (κ2) is 10.5. The predicted molar refractivity (Wildman–Crippen MR) is 97.0 cm³/mol. The van der Waals surface area contributed by atoms with E-state index in [1.165, 1.54) is 6.42 Å². The van der Waals surface area contributed by atoms with Crippen LogP contribution >= 0.6 is 0 Å². The summed E-state index contributed by atoms with van der Waals surface area (Å²) in [5.74, 6) is 0.437. The molecule has 1 aromatic carbocycles. The topological polar surface area (TPSA) is 71.3 Å². The lowest BCUT2D eigenvalue weighted by Gasteiger charge is -2.10. The summed E-state index contributed by atoms with van der Waals surface area (Å²) in [6, 6.07) is 9.38. The van der Waals surface area contributed by atoms with E-state index < -0.39 is 0 Å². The second-order valence-corrected chi connectivity index (χ2v) is 6.14. The Morgan fingerprint density at radius 1 is 1.40 bits per heavy atom. The Morgan fingerprint density at radius 2 is 2.20 bits per heavy atom. The van der Waals surface area contributed by atoms with E-state index >= 15 is 0 Å². The number of amides is 1. The molecule has 0 radical (unpaired) electrons. The number of hydrogen-bond acceptors (Lipinski definition) is 4. The Labute approximate surface area is 149 Å². The van der Waals surface area contributed by atoms with Crippen LogP contribution in [0.3, 0.4) is 0 Å². The Balaban J connectivity index is 1.87. The molecule has 1 saturated heterocycles. The average Bonchev–Trinajstić information content (AvgIpc) is 3.16. The Hall–Kier alpha value is -2.32. The minimum absolute atomic E-state index is 0.0630. The maximum atomic E-state index is 12.1. The number of rotatable bonds is 9. The van der Waals surface area contributed by atoms with Crippen LogP contribution in [0.5, 0.6) is 5.75 Å². The van der Waals surface area contributed by atoms with Gasteiger partial charge in [0.25, 0.3) is 5.91 Å². The highest BCUT2D eigenvalue weighted by Gasteiger charge is 2.17. The second-order valence-electron chi connectivity index (χ2n) is 6.14. The Bertz CT molecular complexity index is 611. The molecule has 0 aliphatic carbocycles. The van der Waals surface area contributed by atoms with Crippen molar-refractivity contribution in [3.05, 3.63) is 35.4 Å². The zero-order valence-corrected chi connectivity index (χ0v) is 14.8. The minimum atomic E-state index is -0.363. The number of carbonyl (C=O) groups excluding carboxylic acids is 1. The summed E-state index contributed by atoms with van der Waals surface area (Å²) in [4.78, 5) is 12.1. The van der Waals surface area contributed by atoms with Gasteiger partial charge in [-0.1, -0.05) is 31.9 Å². The van der Waals surface area contributed by atoms with E-state index in [4.69, 9.17) is 9.47 Å². The van der Waals surface area contributed by atoms with E-state index in [0.717, 1.165) is 43.6 Å².